The second-order valence-corrected chi connectivity index (χ2v) is 8.53. The van der Waals surface area contributed by atoms with Crippen molar-refractivity contribution in [2.24, 2.45) is 5.11 Å². The van der Waals surface area contributed by atoms with Gasteiger partial charge in [0.25, 0.3) is 0 Å². The number of hydrogen-bond acceptors (Lipinski definition) is 7. The third-order valence-electron chi connectivity index (χ3n) is 5.69. The summed E-state index contributed by atoms with van der Waals surface area (Å²) in [4.78, 5) is 2.78. The molecule has 1 fully saturated rings. The zero-order valence-corrected chi connectivity index (χ0v) is 21.0. The predicted molar refractivity (Wildman–Crippen MR) is 128 cm³/mol. The average Bonchev–Trinajstić information content (AvgIpc) is 2.83. The quantitative estimate of drug-likeness (QED) is 0.107. The van der Waals surface area contributed by atoms with Crippen molar-refractivity contribution in [2.45, 2.75) is 116 Å². The van der Waals surface area contributed by atoms with Crippen LogP contribution in [0.4, 0.5) is 0 Å². The standard InChI is InChI=1S/C24H47N3O6/c1-4-7-15-29-21-20(19-28)33-24(32-18-13-11-10-12-14-26-27-25)23(31-17-9-6-3)22(21)30-16-8-5-2/h20-24,28H,4-19H2,1-3H3. The van der Waals surface area contributed by atoms with Crippen LogP contribution in [0.5, 0.6) is 0 Å². The third kappa shape index (κ3) is 12.4. The maximum Gasteiger partial charge on any atom is 0.186 e. The van der Waals surface area contributed by atoms with E-state index in [4.69, 9.17) is 29.2 Å². The van der Waals surface area contributed by atoms with Gasteiger partial charge < -0.3 is 28.8 Å². The predicted octanol–water partition coefficient (Wildman–Crippen LogP) is 5.15. The first-order valence-electron chi connectivity index (χ1n) is 13.0. The summed E-state index contributed by atoms with van der Waals surface area (Å²) in [6.45, 7) is 9.09. The Bertz CT molecular complexity index is 507. The molecule has 5 unspecified atom stereocenters. The van der Waals surface area contributed by atoms with Crippen LogP contribution in [0.25, 0.3) is 10.4 Å². The van der Waals surface area contributed by atoms with Crippen LogP contribution >= 0.6 is 0 Å². The zero-order chi connectivity index (χ0) is 24.2. The molecule has 33 heavy (non-hydrogen) atoms. The van der Waals surface area contributed by atoms with Crippen molar-refractivity contribution in [3.63, 3.8) is 0 Å². The molecule has 0 aromatic heterocycles. The Hall–Kier alpha value is -0.930. The molecule has 1 rings (SSSR count). The smallest absolute Gasteiger partial charge is 0.186 e. The molecule has 9 nitrogen and oxygen atoms in total. The molecule has 0 amide bonds. The fourth-order valence-corrected chi connectivity index (χ4v) is 3.70. The van der Waals surface area contributed by atoms with Crippen LogP contribution in [0.15, 0.2) is 5.11 Å². The fraction of sp³-hybridized carbons (Fsp3) is 1.00. The number of unbranched alkanes of at least 4 members (excludes halogenated alkanes) is 6. The molecule has 0 saturated carbocycles. The van der Waals surface area contributed by atoms with Gasteiger partial charge in [-0.2, -0.15) is 0 Å². The van der Waals surface area contributed by atoms with Crippen LogP contribution in [0, 0.1) is 0 Å². The van der Waals surface area contributed by atoms with Crippen molar-refractivity contribution in [3.8, 4) is 0 Å². The minimum absolute atomic E-state index is 0.161. The van der Waals surface area contributed by atoms with Gasteiger partial charge in [-0.15, -0.1) is 0 Å². The molecule has 1 heterocycles. The van der Waals surface area contributed by atoms with Crippen molar-refractivity contribution in [2.75, 3.05) is 39.6 Å². The van der Waals surface area contributed by atoms with Crippen molar-refractivity contribution >= 4 is 0 Å². The third-order valence-corrected chi connectivity index (χ3v) is 5.69. The lowest BCUT2D eigenvalue weighted by Gasteiger charge is -2.45. The minimum atomic E-state index is -0.611. The van der Waals surface area contributed by atoms with Gasteiger partial charge in [0.05, 0.1) is 6.61 Å². The summed E-state index contributed by atoms with van der Waals surface area (Å²) < 4.78 is 31.0. The number of nitrogens with zero attached hydrogens (tertiary/aromatic N) is 3. The minimum Gasteiger partial charge on any atom is -0.394 e. The highest BCUT2D eigenvalue weighted by atomic mass is 16.7. The first-order valence-corrected chi connectivity index (χ1v) is 13.0. The molecular weight excluding hydrogens is 426 g/mol. The molecule has 1 saturated heterocycles. The van der Waals surface area contributed by atoms with E-state index < -0.39 is 24.6 Å². The first kappa shape index (κ1) is 30.1. The summed E-state index contributed by atoms with van der Waals surface area (Å²) in [6, 6.07) is 0. The van der Waals surface area contributed by atoms with Crippen molar-refractivity contribution in [1.82, 2.24) is 0 Å². The normalized spacial score (nSPS) is 25.2. The van der Waals surface area contributed by atoms with Crippen molar-refractivity contribution < 1.29 is 28.8 Å². The largest absolute Gasteiger partial charge is 0.394 e. The second kappa shape index (κ2) is 20.4. The van der Waals surface area contributed by atoms with Crippen molar-refractivity contribution in [3.05, 3.63) is 10.4 Å². The topological polar surface area (TPSA) is 115 Å². The highest BCUT2D eigenvalue weighted by molar-refractivity contribution is 4.93. The van der Waals surface area contributed by atoms with Gasteiger partial charge in [-0.05, 0) is 37.6 Å². The van der Waals surface area contributed by atoms with Crippen LogP contribution in [-0.4, -0.2) is 75.4 Å². The van der Waals surface area contributed by atoms with E-state index in [9.17, 15) is 5.11 Å². The van der Waals surface area contributed by atoms with E-state index in [0.29, 0.717) is 33.0 Å². The molecule has 0 bridgehead atoms. The molecule has 0 aromatic carbocycles. The first-order chi connectivity index (χ1) is 16.2. The van der Waals surface area contributed by atoms with Gasteiger partial charge in [0.2, 0.25) is 0 Å². The van der Waals surface area contributed by atoms with E-state index >= 15 is 0 Å². The van der Waals surface area contributed by atoms with Crippen LogP contribution in [0.1, 0.15) is 85.0 Å². The molecule has 0 radical (unpaired) electrons. The Morgan fingerprint density at radius 2 is 1.27 bits per heavy atom. The number of rotatable bonds is 21. The van der Waals surface area contributed by atoms with Gasteiger partial charge in [0, 0.05) is 37.9 Å². The van der Waals surface area contributed by atoms with Crippen LogP contribution in [0.2, 0.25) is 0 Å². The van der Waals surface area contributed by atoms with Gasteiger partial charge in [-0.3, -0.25) is 0 Å². The van der Waals surface area contributed by atoms with E-state index in [2.05, 4.69) is 30.8 Å². The van der Waals surface area contributed by atoms with E-state index in [1.54, 1.807) is 0 Å². The monoisotopic (exact) mass is 473 g/mol. The maximum absolute atomic E-state index is 10.0. The van der Waals surface area contributed by atoms with Crippen LogP contribution < -0.4 is 0 Å². The number of azide groups is 1. The molecular formula is C24H47N3O6. The number of hydrogen-bond donors (Lipinski definition) is 1. The molecule has 5 atom stereocenters. The van der Waals surface area contributed by atoms with E-state index in [0.717, 1.165) is 64.2 Å². The van der Waals surface area contributed by atoms with Crippen LogP contribution in [-0.2, 0) is 23.7 Å². The lowest BCUT2D eigenvalue weighted by Crippen LogP contribution is -2.62. The van der Waals surface area contributed by atoms with Gasteiger partial charge >= 0.3 is 0 Å². The molecule has 1 aliphatic rings. The molecule has 9 heteroatoms. The van der Waals surface area contributed by atoms with Gasteiger partial charge in [-0.1, -0.05) is 58.0 Å². The van der Waals surface area contributed by atoms with Crippen LogP contribution in [0.3, 0.4) is 0 Å². The van der Waals surface area contributed by atoms with Crippen molar-refractivity contribution in [1.29, 1.82) is 0 Å². The Labute approximate surface area is 200 Å². The maximum atomic E-state index is 10.0. The van der Waals surface area contributed by atoms with E-state index in [1.807, 2.05) is 0 Å². The highest BCUT2D eigenvalue weighted by Crippen LogP contribution is 2.30. The summed E-state index contributed by atoms with van der Waals surface area (Å²) in [5.74, 6) is 0. The summed E-state index contributed by atoms with van der Waals surface area (Å²) in [7, 11) is 0. The second-order valence-electron chi connectivity index (χ2n) is 8.53. The number of aliphatic hydroxyl groups excluding tert-OH is 1. The molecule has 1 N–H and O–H groups in total. The average molecular weight is 474 g/mol. The van der Waals surface area contributed by atoms with Gasteiger partial charge in [0.15, 0.2) is 6.29 Å². The fourth-order valence-electron chi connectivity index (χ4n) is 3.70. The van der Waals surface area contributed by atoms with E-state index in [-0.39, 0.29) is 12.7 Å². The molecule has 1 aliphatic heterocycles. The molecule has 0 aliphatic carbocycles. The van der Waals surface area contributed by atoms with Gasteiger partial charge in [-0.25, -0.2) is 0 Å². The van der Waals surface area contributed by atoms with E-state index in [1.165, 1.54) is 0 Å². The summed E-state index contributed by atoms with van der Waals surface area (Å²) in [5, 5.41) is 13.6. The summed E-state index contributed by atoms with van der Waals surface area (Å²) in [5.41, 5.74) is 8.34. The zero-order valence-electron chi connectivity index (χ0n) is 21.0. The molecule has 0 spiro atoms. The molecule has 194 valence electrons. The Balaban J connectivity index is 2.80. The lowest BCUT2D eigenvalue weighted by molar-refractivity contribution is -0.322. The highest BCUT2D eigenvalue weighted by Gasteiger charge is 2.48. The van der Waals surface area contributed by atoms with Gasteiger partial charge in [0.1, 0.15) is 24.4 Å². The number of aliphatic hydroxyl groups is 1. The Morgan fingerprint density at radius 3 is 1.85 bits per heavy atom. The Morgan fingerprint density at radius 1 is 0.727 bits per heavy atom. The summed E-state index contributed by atoms with van der Waals surface area (Å²) >= 11 is 0. The number of ether oxygens (including phenoxy) is 5. The lowest BCUT2D eigenvalue weighted by atomic mass is 9.98. The molecule has 0 aromatic rings. The Kier molecular flexibility index (Phi) is 18.6. The summed E-state index contributed by atoms with van der Waals surface area (Å²) in [6.07, 6.45) is 7.37. The SMILES string of the molecule is CCCCOC1C(CO)OC(OCCCCCCN=[N+]=[N-])C(OCCCC)C1OCCCC.